The smallest absolute Gasteiger partial charge is 0.406 e. The summed E-state index contributed by atoms with van der Waals surface area (Å²) in [5.74, 6) is 0.157. The first kappa shape index (κ1) is 26.0. The molecule has 5 aromatic rings. The van der Waals surface area contributed by atoms with Crippen LogP contribution in [0, 0.1) is 13.8 Å². The molecule has 0 unspecified atom stereocenters. The molecule has 2 heterocycles. The minimum atomic E-state index is -4.74. The monoisotopic (exact) mass is 548 g/mol. The lowest BCUT2D eigenvalue weighted by Crippen LogP contribution is -2.20. The van der Waals surface area contributed by atoms with E-state index in [2.05, 4.69) is 56.0 Å². The lowest BCUT2D eigenvalue weighted by molar-refractivity contribution is -0.274. The number of rotatable bonds is 6. The third-order valence-corrected chi connectivity index (χ3v) is 6.10. The van der Waals surface area contributed by atoms with E-state index in [0.717, 1.165) is 34.0 Å². The van der Waals surface area contributed by atoms with E-state index in [1.165, 1.54) is 35.3 Å². The Labute approximate surface area is 227 Å². The molecule has 0 aliphatic carbocycles. The van der Waals surface area contributed by atoms with Crippen LogP contribution in [-0.2, 0) is 0 Å². The lowest BCUT2D eigenvalue weighted by Gasteiger charge is -2.17. The molecule has 7 nitrogen and oxygen atoms in total. The van der Waals surface area contributed by atoms with Crippen molar-refractivity contribution in [2.24, 2.45) is 0 Å². The SMILES string of the molecule is Cc1ccc(C)n1-c1ccccc1NC(=S)Nc1ccc(-c2ncn(-c3ccc(OC(F)(F)F)cc3)n2)cc1. The molecule has 2 N–H and O–H groups in total. The second kappa shape index (κ2) is 10.6. The van der Waals surface area contributed by atoms with E-state index in [4.69, 9.17) is 12.2 Å². The predicted molar refractivity (Wildman–Crippen MR) is 149 cm³/mol. The maximum Gasteiger partial charge on any atom is 0.573 e. The number of halogens is 3. The van der Waals surface area contributed by atoms with Gasteiger partial charge in [0, 0.05) is 22.6 Å². The highest BCUT2D eigenvalue weighted by Crippen LogP contribution is 2.26. The van der Waals surface area contributed by atoms with Crippen molar-refractivity contribution in [3.8, 4) is 28.5 Å². The Morgan fingerprint density at radius 1 is 0.846 bits per heavy atom. The van der Waals surface area contributed by atoms with Crippen LogP contribution in [0.1, 0.15) is 11.4 Å². The summed E-state index contributed by atoms with van der Waals surface area (Å²) in [4.78, 5) is 4.32. The van der Waals surface area contributed by atoms with Crippen molar-refractivity contribution in [1.82, 2.24) is 19.3 Å². The van der Waals surface area contributed by atoms with Gasteiger partial charge in [0.1, 0.15) is 12.1 Å². The molecule has 11 heteroatoms. The Bertz CT molecular complexity index is 1590. The molecule has 39 heavy (non-hydrogen) atoms. The van der Waals surface area contributed by atoms with Crippen molar-refractivity contribution in [3.05, 3.63) is 103 Å². The zero-order valence-electron chi connectivity index (χ0n) is 20.9. The standard InChI is InChI=1S/C28H23F3N6OS/c1-18-7-8-19(2)37(18)25-6-4-3-5-24(25)34-27(39)33-21-11-9-20(10-12-21)26-32-17-36(35-26)22-13-15-23(16-14-22)38-28(29,30)31/h3-17H,1-2H3,(H2,33,34,39). The quantitative estimate of drug-likeness (QED) is 0.222. The highest BCUT2D eigenvalue weighted by molar-refractivity contribution is 7.80. The van der Waals surface area contributed by atoms with Crippen LogP contribution in [0.15, 0.2) is 91.3 Å². The van der Waals surface area contributed by atoms with E-state index in [9.17, 15) is 13.2 Å². The van der Waals surface area contributed by atoms with Gasteiger partial charge in [0.15, 0.2) is 10.9 Å². The number of aromatic nitrogens is 4. The topological polar surface area (TPSA) is 68.9 Å². The number of nitrogens with one attached hydrogen (secondary N) is 2. The van der Waals surface area contributed by atoms with Gasteiger partial charge in [0.25, 0.3) is 0 Å². The first-order chi connectivity index (χ1) is 18.7. The number of alkyl halides is 3. The number of aryl methyl sites for hydroxylation is 2. The van der Waals surface area contributed by atoms with Crippen molar-refractivity contribution in [2.75, 3.05) is 10.6 Å². The summed E-state index contributed by atoms with van der Waals surface area (Å²) in [7, 11) is 0. The number of ether oxygens (including phenoxy) is 1. The average molecular weight is 549 g/mol. The molecule has 0 fully saturated rings. The van der Waals surface area contributed by atoms with Crippen molar-refractivity contribution in [1.29, 1.82) is 0 Å². The van der Waals surface area contributed by atoms with E-state index in [-0.39, 0.29) is 5.75 Å². The molecular formula is C28H23F3N6OS. The van der Waals surface area contributed by atoms with E-state index in [1.807, 2.05) is 48.5 Å². The number of hydrogen-bond acceptors (Lipinski definition) is 4. The molecule has 0 saturated carbocycles. The number of anilines is 2. The summed E-state index contributed by atoms with van der Waals surface area (Å²) in [6.07, 6.45) is -3.25. The lowest BCUT2D eigenvalue weighted by atomic mass is 10.2. The molecule has 0 aliphatic rings. The first-order valence-corrected chi connectivity index (χ1v) is 12.3. The van der Waals surface area contributed by atoms with E-state index in [1.54, 1.807) is 0 Å². The van der Waals surface area contributed by atoms with Crippen LogP contribution >= 0.6 is 12.2 Å². The molecule has 2 aromatic heterocycles. The third-order valence-electron chi connectivity index (χ3n) is 5.89. The summed E-state index contributed by atoms with van der Waals surface area (Å²) in [6, 6.07) is 24.9. The van der Waals surface area contributed by atoms with Gasteiger partial charge in [-0.1, -0.05) is 12.1 Å². The summed E-state index contributed by atoms with van der Waals surface area (Å²) in [5, 5.41) is 11.4. The molecular weight excluding hydrogens is 525 g/mol. The second-order valence-corrected chi connectivity index (χ2v) is 9.09. The molecule has 0 amide bonds. The van der Waals surface area contributed by atoms with Crippen LogP contribution in [0.5, 0.6) is 5.75 Å². The van der Waals surface area contributed by atoms with Crippen LogP contribution in [0.4, 0.5) is 24.5 Å². The maximum absolute atomic E-state index is 12.4. The number of thiocarbonyl (C=S) groups is 1. The summed E-state index contributed by atoms with van der Waals surface area (Å²) < 4.78 is 44.7. The van der Waals surface area contributed by atoms with Gasteiger partial charge >= 0.3 is 6.36 Å². The number of hydrogen-bond donors (Lipinski definition) is 2. The summed E-state index contributed by atoms with van der Waals surface area (Å²) in [6.45, 7) is 4.12. The van der Waals surface area contributed by atoms with Gasteiger partial charge in [-0.05, 0) is 98.9 Å². The Kier molecular flexibility index (Phi) is 7.07. The minimum Gasteiger partial charge on any atom is -0.406 e. The summed E-state index contributed by atoms with van der Waals surface area (Å²) >= 11 is 5.56. The Hall–Kier alpha value is -4.64. The molecule has 198 valence electrons. The van der Waals surface area contributed by atoms with Gasteiger partial charge < -0.3 is 19.9 Å². The molecule has 0 radical (unpaired) electrons. The molecule has 3 aromatic carbocycles. The van der Waals surface area contributed by atoms with Crippen molar-refractivity contribution in [3.63, 3.8) is 0 Å². The van der Waals surface area contributed by atoms with Crippen LogP contribution < -0.4 is 15.4 Å². The van der Waals surface area contributed by atoms with Gasteiger partial charge in [-0.15, -0.1) is 18.3 Å². The Balaban J connectivity index is 1.25. The highest BCUT2D eigenvalue weighted by Gasteiger charge is 2.31. The molecule has 0 aliphatic heterocycles. The normalized spacial score (nSPS) is 11.3. The van der Waals surface area contributed by atoms with Gasteiger partial charge in [-0.25, -0.2) is 9.67 Å². The Morgan fingerprint density at radius 3 is 2.18 bits per heavy atom. The van der Waals surface area contributed by atoms with Gasteiger partial charge in [0.05, 0.1) is 17.1 Å². The fourth-order valence-corrected chi connectivity index (χ4v) is 4.36. The molecule has 0 bridgehead atoms. The van der Waals surface area contributed by atoms with Crippen molar-refractivity contribution < 1.29 is 17.9 Å². The summed E-state index contributed by atoms with van der Waals surface area (Å²) in [5.41, 5.74) is 6.21. The van der Waals surface area contributed by atoms with E-state index < -0.39 is 6.36 Å². The van der Waals surface area contributed by atoms with Crippen LogP contribution in [0.2, 0.25) is 0 Å². The fraction of sp³-hybridized carbons (Fsp3) is 0.107. The fourth-order valence-electron chi connectivity index (χ4n) is 4.13. The van der Waals surface area contributed by atoms with E-state index >= 15 is 0 Å². The molecule has 0 atom stereocenters. The molecule has 0 spiro atoms. The van der Waals surface area contributed by atoms with Crippen molar-refractivity contribution in [2.45, 2.75) is 20.2 Å². The second-order valence-electron chi connectivity index (χ2n) is 8.68. The number of nitrogens with zero attached hydrogens (tertiary/aromatic N) is 4. The average Bonchev–Trinajstić information content (AvgIpc) is 3.51. The largest absolute Gasteiger partial charge is 0.573 e. The maximum atomic E-state index is 12.4. The van der Waals surface area contributed by atoms with Gasteiger partial charge in [-0.2, -0.15) is 0 Å². The molecule has 0 saturated heterocycles. The van der Waals surface area contributed by atoms with E-state index in [0.29, 0.717) is 16.6 Å². The highest BCUT2D eigenvalue weighted by atomic mass is 32.1. The molecule has 5 rings (SSSR count). The number of para-hydroxylation sites is 2. The van der Waals surface area contributed by atoms with Crippen LogP contribution in [-0.4, -0.2) is 30.8 Å². The van der Waals surface area contributed by atoms with Crippen LogP contribution in [0.3, 0.4) is 0 Å². The van der Waals surface area contributed by atoms with Gasteiger partial charge in [-0.3, -0.25) is 0 Å². The first-order valence-electron chi connectivity index (χ1n) is 11.9. The predicted octanol–water partition coefficient (Wildman–Crippen LogP) is 7.05. The van der Waals surface area contributed by atoms with Gasteiger partial charge in [0.2, 0.25) is 0 Å². The zero-order chi connectivity index (χ0) is 27.6. The number of benzene rings is 3. The Morgan fingerprint density at radius 2 is 1.51 bits per heavy atom. The third kappa shape index (κ3) is 6.10. The minimum absolute atomic E-state index is 0.305. The zero-order valence-corrected chi connectivity index (χ0v) is 21.7. The van der Waals surface area contributed by atoms with Crippen LogP contribution in [0.25, 0.3) is 22.8 Å². The van der Waals surface area contributed by atoms with Crippen molar-refractivity contribution >= 4 is 28.7 Å².